The van der Waals surface area contributed by atoms with Gasteiger partial charge < -0.3 is 5.32 Å². The molecule has 0 aromatic heterocycles. The minimum absolute atomic E-state index is 0.280. The Hall–Kier alpha value is -1.60. The van der Waals surface area contributed by atoms with Crippen molar-refractivity contribution < 1.29 is 0 Å². The molecule has 1 atom stereocenters. The molecule has 1 aliphatic rings. The normalized spacial score (nSPS) is 23.1. The van der Waals surface area contributed by atoms with Crippen LogP contribution in [0.15, 0.2) is 60.7 Å². The number of nitrogens with one attached hydrogen (secondary N) is 1. The van der Waals surface area contributed by atoms with E-state index in [1.807, 2.05) is 0 Å². The fraction of sp³-hybridized carbons (Fsp3) is 0.294. The maximum Gasteiger partial charge on any atom is 0.0130 e. The monoisotopic (exact) mass is 237 g/mol. The second-order valence-electron chi connectivity index (χ2n) is 5.24. The molecule has 2 aromatic carbocycles. The summed E-state index contributed by atoms with van der Waals surface area (Å²) in [5.74, 6) is 0. The van der Waals surface area contributed by atoms with E-state index >= 15 is 0 Å². The first-order valence-corrected chi connectivity index (χ1v) is 6.69. The first kappa shape index (κ1) is 11.5. The summed E-state index contributed by atoms with van der Waals surface area (Å²) in [4.78, 5) is 0. The zero-order chi connectivity index (χ0) is 12.3. The van der Waals surface area contributed by atoms with Crippen molar-refractivity contribution in [2.75, 3.05) is 13.1 Å². The van der Waals surface area contributed by atoms with Crippen LogP contribution in [0, 0.1) is 0 Å². The van der Waals surface area contributed by atoms with E-state index in [2.05, 4.69) is 66.0 Å². The van der Waals surface area contributed by atoms with Crippen LogP contribution in [0.4, 0.5) is 0 Å². The van der Waals surface area contributed by atoms with Crippen molar-refractivity contribution in [3.8, 4) is 0 Å². The second kappa shape index (κ2) is 4.95. The van der Waals surface area contributed by atoms with E-state index in [1.54, 1.807) is 0 Å². The average Bonchev–Trinajstić information content (AvgIpc) is 2.91. The molecule has 92 valence electrons. The van der Waals surface area contributed by atoms with E-state index in [1.165, 1.54) is 17.5 Å². The van der Waals surface area contributed by atoms with E-state index in [-0.39, 0.29) is 5.41 Å². The van der Waals surface area contributed by atoms with Crippen LogP contribution in [0.2, 0.25) is 0 Å². The minimum atomic E-state index is 0.280. The molecule has 1 N–H and O–H groups in total. The molecule has 18 heavy (non-hydrogen) atoms. The molecule has 1 nitrogen and oxygen atoms in total. The molecule has 3 rings (SSSR count). The van der Waals surface area contributed by atoms with Crippen molar-refractivity contribution in [1.29, 1.82) is 0 Å². The Morgan fingerprint density at radius 2 is 1.56 bits per heavy atom. The van der Waals surface area contributed by atoms with Crippen LogP contribution in [0.5, 0.6) is 0 Å². The average molecular weight is 237 g/mol. The summed E-state index contributed by atoms with van der Waals surface area (Å²) in [5.41, 5.74) is 3.19. The van der Waals surface area contributed by atoms with Crippen molar-refractivity contribution >= 4 is 0 Å². The molecule has 1 heterocycles. The van der Waals surface area contributed by atoms with Gasteiger partial charge in [0, 0.05) is 12.0 Å². The highest BCUT2D eigenvalue weighted by Gasteiger charge is 2.35. The summed E-state index contributed by atoms with van der Waals surface area (Å²) in [6.07, 6.45) is 2.36. The maximum absolute atomic E-state index is 3.53. The molecule has 1 saturated heterocycles. The van der Waals surface area contributed by atoms with Gasteiger partial charge in [-0.3, -0.25) is 0 Å². The van der Waals surface area contributed by atoms with Crippen molar-refractivity contribution in [2.24, 2.45) is 0 Å². The lowest BCUT2D eigenvalue weighted by Crippen LogP contribution is -2.31. The lowest BCUT2D eigenvalue weighted by molar-refractivity contribution is 0.467. The van der Waals surface area contributed by atoms with Crippen LogP contribution in [-0.4, -0.2) is 13.1 Å². The molecule has 0 aliphatic carbocycles. The van der Waals surface area contributed by atoms with E-state index in [0.717, 1.165) is 19.5 Å². The Bertz CT molecular complexity index is 484. The summed E-state index contributed by atoms with van der Waals surface area (Å²) < 4.78 is 0. The summed E-state index contributed by atoms with van der Waals surface area (Å²) in [6.45, 7) is 2.22. The van der Waals surface area contributed by atoms with Crippen molar-refractivity contribution in [3.05, 3.63) is 71.8 Å². The smallest absolute Gasteiger partial charge is 0.0130 e. The van der Waals surface area contributed by atoms with Crippen LogP contribution in [-0.2, 0) is 11.8 Å². The van der Waals surface area contributed by atoms with Gasteiger partial charge in [0.15, 0.2) is 0 Å². The molecule has 2 aromatic rings. The van der Waals surface area contributed by atoms with Crippen LogP contribution in [0.3, 0.4) is 0 Å². The van der Waals surface area contributed by atoms with Gasteiger partial charge >= 0.3 is 0 Å². The van der Waals surface area contributed by atoms with E-state index in [0.29, 0.717) is 0 Å². The van der Waals surface area contributed by atoms with Crippen molar-refractivity contribution in [3.63, 3.8) is 0 Å². The first-order valence-electron chi connectivity index (χ1n) is 6.69. The summed E-state index contributed by atoms with van der Waals surface area (Å²) >= 11 is 0. The molecular weight excluding hydrogens is 218 g/mol. The Kier molecular flexibility index (Phi) is 3.16. The van der Waals surface area contributed by atoms with Gasteiger partial charge in [0.25, 0.3) is 0 Å². The third kappa shape index (κ3) is 2.19. The third-order valence-corrected chi connectivity index (χ3v) is 4.02. The molecule has 0 unspecified atom stereocenters. The molecule has 1 aliphatic heterocycles. The van der Waals surface area contributed by atoms with Crippen molar-refractivity contribution in [1.82, 2.24) is 5.32 Å². The molecule has 1 heteroatoms. The molecule has 0 saturated carbocycles. The fourth-order valence-electron chi connectivity index (χ4n) is 3.02. The highest BCUT2D eigenvalue weighted by Crippen LogP contribution is 2.34. The van der Waals surface area contributed by atoms with Crippen LogP contribution in [0.25, 0.3) is 0 Å². The Labute approximate surface area is 109 Å². The number of rotatable bonds is 3. The van der Waals surface area contributed by atoms with E-state index < -0.39 is 0 Å². The van der Waals surface area contributed by atoms with Gasteiger partial charge in [-0.05, 0) is 30.5 Å². The van der Waals surface area contributed by atoms with Gasteiger partial charge in [-0.1, -0.05) is 60.7 Å². The van der Waals surface area contributed by atoms with Gasteiger partial charge in [-0.15, -0.1) is 0 Å². The van der Waals surface area contributed by atoms with Gasteiger partial charge in [0.05, 0.1) is 0 Å². The zero-order valence-electron chi connectivity index (χ0n) is 10.6. The summed E-state index contributed by atoms with van der Waals surface area (Å²) in [7, 11) is 0. The largest absolute Gasteiger partial charge is 0.316 e. The third-order valence-electron chi connectivity index (χ3n) is 4.02. The maximum atomic E-state index is 3.53. The van der Waals surface area contributed by atoms with Crippen LogP contribution < -0.4 is 5.32 Å². The van der Waals surface area contributed by atoms with E-state index in [4.69, 9.17) is 0 Å². The Morgan fingerprint density at radius 3 is 2.17 bits per heavy atom. The van der Waals surface area contributed by atoms with Gasteiger partial charge in [0.1, 0.15) is 0 Å². The summed E-state index contributed by atoms with van der Waals surface area (Å²) in [6, 6.07) is 21.8. The van der Waals surface area contributed by atoms with Crippen molar-refractivity contribution in [2.45, 2.75) is 18.3 Å². The topological polar surface area (TPSA) is 12.0 Å². The Balaban J connectivity index is 1.93. The predicted octanol–water partition coefficient (Wildman–Crippen LogP) is 3.16. The predicted molar refractivity (Wildman–Crippen MR) is 75.8 cm³/mol. The van der Waals surface area contributed by atoms with Gasteiger partial charge in [-0.2, -0.15) is 0 Å². The standard InChI is InChI=1S/C17H19N/c1-3-7-15(8-4-1)13-17(11-12-18-14-17)16-9-5-2-6-10-16/h1-10,18H,11-14H2/t17-/m0/s1. The van der Waals surface area contributed by atoms with Crippen LogP contribution in [0.1, 0.15) is 17.5 Å². The number of hydrogen-bond acceptors (Lipinski definition) is 1. The number of benzene rings is 2. The fourth-order valence-corrected chi connectivity index (χ4v) is 3.02. The molecule has 0 radical (unpaired) electrons. The minimum Gasteiger partial charge on any atom is -0.316 e. The second-order valence-corrected chi connectivity index (χ2v) is 5.24. The zero-order valence-corrected chi connectivity index (χ0v) is 10.6. The highest BCUT2D eigenvalue weighted by atomic mass is 14.9. The molecule has 0 amide bonds. The van der Waals surface area contributed by atoms with Crippen LogP contribution >= 0.6 is 0 Å². The molecule has 0 bridgehead atoms. The lowest BCUT2D eigenvalue weighted by atomic mass is 9.75. The van der Waals surface area contributed by atoms with Gasteiger partial charge in [0.2, 0.25) is 0 Å². The van der Waals surface area contributed by atoms with Gasteiger partial charge in [-0.25, -0.2) is 0 Å². The Morgan fingerprint density at radius 1 is 0.889 bits per heavy atom. The summed E-state index contributed by atoms with van der Waals surface area (Å²) in [5, 5.41) is 3.53. The van der Waals surface area contributed by atoms with E-state index in [9.17, 15) is 0 Å². The molecule has 0 spiro atoms. The molecular formula is C17H19N. The molecule has 1 fully saturated rings. The lowest BCUT2D eigenvalue weighted by Gasteiger charge is -2.29. The SMILES string of the molecule is c1ccc(C[C@@]2(c3ccccc3)CCNC2)cc1. The quantitative estimate of drug-likeness (QED) is 0.864. The highest BCUT2D eigenvalue weighted by molar-refractivity contribution is 5.31. The first-order chi connectivity index (χ1) is 8.89. The number of hydrogen-bond donors (Lipinski definition) is 1.